The van der Waals surface area contributed by atoms with Gasteiger partial charge in [0.1, 0.15) is 29.6 Å². The van der Waals surface area contributed by atoms with Gasteiger partial charge in [-0.15, -0.1) is 0 Å². The average Bonchev–Trinajstić information content (AvgIpc) is 2.80. The highest BCUT2D eigenvalue weighted by Crippen LogP contribution is 2.51. The van der Waals surface area contributed by atoms with Crippen molar-refractivity contribution in [1.82, 2.24) is 0 Å². The summed E-state index contributed by atoms with van der Waals surface area (Å²) in [5.74, 6) is 0.737. The van der Waals surface area contributed by atoms with Gasteiger partial charge in [-0.1, -0.05) is 0 Å². The van der Waals surface area contributed by atoms with Crippen LogP contribution in [0.4, 0.5) is 0 Å². The van der Waals surface area contributed by atoms with E-state index in [4.69, 9.17) is 23.7 Å². The van der Waals surface area contributed by atoms with Crippen molar-refractivity contribution in [3.8, 4) is 28.7 Å². The molecule has 0 fully saturated rings. The van der Waals surface area contributed by atoms with Gasteiger partial charge in [0.2, 0.25) is 5.78 Å². The number of benzene rings is 2. The lowest BCUT2D eigenvalue weighted by molar-refractivity contribution is -0.0803. The summed E-state index contributed by atoms with van der Waals surface area (Å²) < 4.78 is 28.2. The van der Waals surface area contributed by atoms with E-state index in [1.165, 1.54) is 32.4 Å². The Morgan fingerprint density at radius 3 is 2.56 bits per heavy atom. The maximum absolute atomic E-state index is 13.6. The molecule has 1 unspecified atom stereocenters. The number of hydrogen-bond acceptors (Lipinski definition) is 9. The van der Waals surface area contributed by atoms with Crippen LogP contribution in [-0.2, 0) is 5.60 Å². The summed E-state index contributed by atoms with van der Waals surface area (Å²) in [6.07, 6.45) is 0.346. The number of carbonyl (C=O) groups excluding carboxylic acids is 1. The first kappa shape index (κ1) is 20.5. The number of methoxy groups -OCH3 is 2. The molecule has 0 amide bonds. The second-order valence-electron chi connectivity index (χ2n) is 8.09. The number of ether oxygens (including phenoxy) is 5. The van der Waals surface area contributed by atoms with E-state index in [2.05, 4.69) is 0 Å². The van der Waals surface area contributed by atoms with E-state index in [0.717, 1.165) is 0 Å². The number of aliphatic hydroxyl groups is 3. The maximum Gasteiger partial charge on any atom is 0.206 e. The van der Waals surface area contributed by atoms with Crippen LogP contribution in [0.15, 0.2) is 30.0 Å². The summed E-state index contributed by atoms with van der Waals surface area (Å²) in [5.41, 5.74) is -2.63. The van der Waals surface area contributed by atoms with Crippen LogP contribution < -0.4 is 23.7 Å². The van der Waals surface area contributed by atoms with E-state index in [1.807, 2.05) is 0 Å². The third kappa shape index (κ3) is 2.55. The molecule has 0 aromatic heterocycles. The average molecular weight is 442 g/mol. The Morgan fingerprint density at radius 2 is 1.88 bits per heavy atom. The lowest BCUT2D eigenvalue weighted by atomic mass is 9.77. The highest BCUT2D eigenvalue weighted by atomic mass is 16.6. The molecule has 0 bridgehead atoms. The smallest absolute Gasteiger partial charge is 0.206 e. The highest BCUT2D eigenvalue weighted by Gasteiger charge is 2.56. The minimum absolute atomic E-state index is 0.0985. The Balaban J connectivity index is 1.66. The molecule has 0 aliphatic carbocycles. The summed E-state index contributed by atoms with van der Waals surface area (Å²) in [4.78, 5) is 13.6. The zero-order chi connectivity index (χ0) is 22.8. The number of ketones is 1. The molecule has 0 radical (unpaired) electrons. The van der Waals surface area contributed by atoms with Gasteiger partial charge in [0.25, 0.3) is 0 Å². The lowest BCUT2D eigenvalue weighted by Gasteiger charge is -2.44. The summed E-state index contributed by atoms with van der Waals surface area (Å²) in [7, 11) is 2.93. The van der Waals surface area contributed by atoms with Crippen molar-refractivity contribution >= 4 is 11.9 Å². The van der Waals surface area contributed by atoms with Gasteiger partial charge < -0.3 is 39.0 Å². The molecular weight excluding hydrogens is 420 g/mol. The Hall–Kier alpha value is -3.43. The minimum Gasteiger partial charge on any atom is -0.508 e. The maximum atomic E-state index is 13.6. The first-order valence-corrected chi connectivity index (χ1v) is 9.98. The predicted octanol–water partition coefficient (Wildman–Crippen LogP) is 1.97. The van der Waals surface area contributed by atoms with E-state index in [0.29, 0.717) is 28.6 Å². The normalized spacial score (nSPS) is 27.3. The van der Waals surface area contributed by atoms with Crippen molar-refractivity contribution in [1.29, 1.82) is 0 Å². The Labute approximate surface area is 183 Å². The number of Topliss-reactive ketones (excluding diaryl/α,β-unsaturated/α-hetero) is 1. The third-order valence-electron chi connectivity index (χ3n) is 6.22. The van der Waals surface area contributed by atoms with Crippen LogP contribution in [0, 0.1) is 0 Å². The SMILES string of the molecule is COc1cc2c(cc1OC)[C@]1(O)C(=O)c3ccc4c(c3O[C@@H]1CO2)C=C(O)C(C)(CO)O4. The molecule has 32 heavy (non-hydrogen) atoms. The van der Waals surface area contributed by atoms with Crippen molar-refractivity contribution in [2.24, 2.45) is 0 Å². The molecule has 5 rings (SSSR count). The first-order valence-electron chi connectivity index (χ1n) is 9.98. The fraction of sp³-hybridized carbons (Fsp3) is 0.348. The van der Waals surface area contributed by atoms with Crippen molar-refractivity contribution < 1.29 is 43.8 Å². The van der Waals surface area contributed by atoms with E-state index < -0.39 is 29.7 Å². The first-order chi connectivity index (χ1) is 15.3. The van der Waals surface area contributed by atoms with Crippen molar-refractivity contribution in [2.45, 2.75) is 24.2 Å². The zero-order valence-corrected chi connectivity index (χ0v) is 17.7. The minimum atomic E-state index is -2.02. The van der Waals surface area contributed by atoms with Gasteiger partial charge in [0.05, 0.1) is 32.0 Å². The van der Waals surface area contributed by atoms with Crippen LogP contribution in [-0.4, -0.2) is 60.2 Å². The number of rotatable bonds is 3. The van der Waals surface area contributed by atoms with E-state index >= 15 is 0 Å². The Kier molecular flexibility index (Phi) is 4.34. The Morgan fingerprint density at radius 1 is 1.16 bits per heavy atom. The van der Waals surface area contributed by atoms with Crippen molar-refractivity contribution in [2.75, 3.05) is 27.4 Å². The molecule has 2 aromatic rings. The Bertz CT molecular complexity index is 1170. The summed E-state index contributed by atoms with van der Waals surface area (Å²) in [6, 6.07) is 6.11. The highest BCUT2D eigenvalue weighted by molar-refractivity contribution is 6.08. The van der Waals surface area contributed by atoms with Crippen LogP contribution in [0.1, 0.15) is 28.4 Å². The molecule has 3 N–H and O–H groups in total. The van der Waals surface area contributed by atoms with Crippen LogP contribution >= 0.6 is 0 Å². The zero-order valence-electron chi connectivity index (χ0n) is 17.7. The van der Waals surface area contributed by atoms with Crippen LogP contribution in [0.5, 0.6) is 28.7 Å². The third-order valence-corrected chi connectivity index (χ3v) is 6.22. The molecule has 3 aliphatic rings. The molecule has 0 spiro atoms. The molecule has 0 saturated heterocycles. The van der Waals surface area contributed by atoms with Crippen LogP contribution in [0.3, 0.4) is 0 Å². The van der Waals surface area contributed by atoms with Gasteiger partial charge >= 0.3 is 0 Å². The predicted molar refractivity (Wildman–Crippen MR) is 111 cm³/mol. The molecule has 9 heteroatoms. The van der Waals surface area contributed by atoms with Gasteiger partial charge in [0.15, 0.2) is 28.8 Å². The fourth-order valence-corrected chi connectivity index (χ4v) is 4.28. The van der Waals surface area contributed by atoms with E-state index in [9.17, 15) is 20.1 Å². The van der Waals surface area contributed by atoms with Gasteiger partial charge in [0, 0.05) is 11.6 Å². The van der Waals surface area contributed by atoms with Crippen molar-refractivity contribution in [3.63, 3.8) is 0 Å². The molecular formula is C23H22O9. The number of carbonyl (C=O) groups is 1. The molecule has 9 nitrogen and oxygen atoms in total. The fourth-order valence-electron chi connectivity index (χ4n) is 4.28. The standard InChI is InChI=1S/C23H22O9/c1-22(10-24)18(25)6-12-14(32-22)5-4-11-20(12)31-19-9-30-15-8-17(29-3)16(28-2)7-13(15)23(19,27)21(11)26/h4-8,19,24-25,27H,9-10H2,1-3H3/t19-,22?,23-/m1/s1. The summed E-state index contributed by atoms with van der Waals surface area (Å²) in [5, 5.41) is 31.6. The number of fused-ring (bicyclic) bond motifs is 6. The second kappa shape index (κ2) is 6.78. The molecule has 3 aliphatic heterocycles. The molecule has 2 aromatic carbocycles. The summed E-state index contributed by atoms with van der Waals surface area (Å²) in [6.45, 7) is 1.00. The number of hydrogen-bond donors (Lipinski definition) is 3. The largest absolute Gasteiger partial charge is 0.508 e. The monoisotopic (exact) mass is 442 g/mol. The number of aliphatic hydroxyl groups excluding tert-OH is 2. The van der Waals surface area contributed by atoms with Gasteiger partial charge in [-0.3, -0.25) is 4.79 Å². The van der Waals surface area contributed by atoms with Crippen LogP contribution in [0.2, 0.25) is 0 Å². The quantitative estimate of drug-likeness (QED) is 0.654. The van der Waals surface area contributed by atoms with Gasteiger partial charge in [-0.05, 0) is 31.2 Å². The topological polar surface area (TPSA) is 124 Å². The van der Waals surface area contributed by atoms with E-state index in [1.54, 1.807) is 19.1 Å². The van der Waals surface area contributed by atoms with Crippen molar-refractivity contribution in [3.05, 3.63) is 46.7 Å². The second-order valence-corrected chi connectivity index (χ2v) is 8.09. The molecule has 0 saturated carbocycles. The van der Waals surface area contributed by atoms with Gasteiger partial charge in [-0.2, -0.15) is 0 Å². The lowest BCUT2D eigenvalue weighted by Crippen LogP contribution is -2.57. The van der Waals surface area contributed by atoms with Crippen LogP contribution in [0.25, 0.3) is 6.08 Å². The molecule has 3 heterocycles. The molecule has 168 valence electrons. The van der Waals surface area contributed by atoms with E-state index in [-0.39, 0.29) is 29.2 Å². The molecule has 3 atom stereocenters. The summed E-state index contributed by atoms with van der Waals surface area (Å²) >= 11 is 0. The van der Waals surface area contributed by atoms with Gasteiger partial charge in [-0.25, -0.2) is 0 Å².